The van der Waals surface area contributed by atoms with Crippen molar-refractivity contribution in [2.75, 3.05) is 0 Å². The predicted molar refractivity (Wildman–Crippen MR) is 155 cm³/mol. The van der Waals surface area contributed by atoms with Crippen LogP contribution in [0.3, 0.4) is 0 Å². The Bertz CT molecular complexity index is 2160. The molecular weight excluding hydrogens is 496 g/mol. The molecule has 0 aliphatic carbocycles. The number of hydrogen-bond acceptors (Lipinski definition) is 7. The molecule has 5 aromatic rings. The molecule has 4 aliphatic rings. The maximum absolute atomic E-state index is 5.11. The normalized spacial score (nSPS) is 19.7. The Labute approximate surface area is 228 Å². The zero-order valence-electron chi connectivity index (χ0n) is 21.1. The monoisotopic (exact) mass is 516 g/mol. The quantitative estimate of drug-likeness (QED) is 0.318. The van der Waals surface area contributed by atoms with Crippen molar-refractivity contribution in [1.29, 1.82) is 0 Å². The Morgan fingerprint density at radius 2 is 0.975 bits per heavy atom. The molecule has 0 radical (unpaired) electrons. The molecule has 9 rings (SSSR count). The molecule has 4 aliphatic heterocycles. The lowest BCUT2D eigenvalue weighted by atomic mass is 10.1. The molecule has 188 valence electrons. The van der Waals surface area contributed by atoms with Gasteiger partial charge in [0.1, 0.15) is 22.6 Å². The zero-order valence-corrected chi connectivity index (χ0v) is 21.1. The second-order valence-electron chi connectivity index (χ2n) is 10.0. The number of fused-ring (bicyclic) bond motifs is 17. The average molecular weight is 517 g/mol. The number of amidine groups is 4. The van der Waals surface area contributed by atoms with Gasteiger partial charge < -0.3 is 10.3 Å². The maximum Gasteiger partial charge on any atom is 0.170 e. The van der Waals surface area contributed by atoms with Crippen LogP contribution in [-0.2, 0) is 0 Å². The first-order chi connectivity index (χ1) is 19.8. The number of nitrogens with zero attached hydrogens (tertiary/aromatic N) is 6. The van der Waals surface area contributed by atoms with E-state index in [2.05, 4.69) is 46.7 Å². The molecular formula is C32H20N8. The third-order valence-corrected chi connectivity index (χ3v) is 7.74. The first-order valence-corrected chi connectivity index (χ1v) is 13.2. The number of benzene rings is 4. The lowest BCUT2D eigenvalue weighted by Crippen LogP contribution is -2.30. The summed E-state index contributed by atoms with van der Waals surface area (Å²) in [6, 6.07) is 32.6. The first kappa shape index (κ1) is 21.4. The van der Waals surface area contributed by atoms with E-state index in [1.807, 2.05) is 60.7 Å². The van der Waals surface area contributed by atoms with Crippen LogP contribution in [0, 0.1) is 0 Å². The van der Waals surface area contributed by atoms with E-state index in [4.69, 9.17) is 30.0 Å². The zero-order chi connectivity index (χ0) is 26.2. The molecule has 8 bridgehead atoms. The van der Waals surface area contributed by atoms with E-state index in [0.717, 1.165) is 61.3 Å². The second-order valence-corrected chi connectivity index (χ2v) is 10.0. The molecule has 8 nitrogen and oxygen atoms in total. The van der Waals surface area contributed by atoms with Gasteiger partial charge in [0.15, 0.2) is 24.0 Å². The van der Waals surface area contributed by atoms with Gasteiger partial charge in [0.2, 0.25) is 0 Å². The molecule has 0 saturated heterocycles. The summed E-state index contributed by atoms with van der Waals surface area (Å²) in [5.74, 6) is 2.71. The standard InChI is InChI=1S/C32H20N8/c1-2-10-18-17(9-1)25-33-26(18)38-28-21-13-5-6-14-22(21)30(35-28)40-32-24-16-8-7-15-23(24)31(36-32)39-29-20-12-4-3-11-19(20)27(34-29)37-25/h1-16,25,30H,(H,33,35,38)(H,34,36,37,39,40)/t25-,30+. The van der Waals surface area contributed by atoms with E-state index in [1.54, 1.807) is 0 Å². The van der Waals surface area contributed by atoms with Crippen LogP contribution in [0.2, 0.25) is 0 Å². The molecule has 2 N–H and O–H groups in total. The van der Waals surface area contributed by atoms with E-state index in [-0.39, 0.29) is 0 Å². The number of aliphatic imine (C=N–C) groups is 4. The van der Waals surface area contributed by atoms with E-state index in [0.29, 0.717) is 17.2 Å². The molecule has 8 heteroatoms. The number of aromatic nitrogens is 1. The molecule has 4 aromatic carbocycles. The van der Waals surface area contributed by atoms with Gasteiger partial charge in [-0.15, -0.1) is 0 Å². The fourth-order valence-electron chi connectivity index (χ4n) is 5.86. The summed E-state index contributed by atoms with van der Waals surface area (Å²) in [4.78, 5) is 33.7. The van der Waals surface area contributed by atoms with Gasteiger partial charge in [-0.25, -0.2) is 30.0 Å². The van der Waals surface area contributed by atoms with Crippen LogP contribution in [-0.4, -0.2) is 28.3 Å². The van der Waals surface area contributed by atoms with Crippen molar-refractivity contribution in [3.05, 3.63) is 141 Å². The molecule has 40 heavy (non-hydrogen) atoms. The summed E-state index contributed by atoms with van der Waals surface area (Å²) >= 11 is 0. The number of H-pyrrole nitrogens is 1. The first-order valence-electron chi connectivity index (χ1n) is 13.2. The summed E-state index contributed by atoms with van der Waals surface area (Å²) in [5.41, 5.74) is 7.39. The third kappa shape index (κ3) is 3.07. The number of aromatic amines is 1. The van der Waals surface area contributed by atoms with Crippen LogP contribution < -0.4 is 16.3 Å². The van der Waals surface area contributed by atoms with Gasteiger partial charge in [0, 0.05) is 44.2 Å². The van der Waals surface area contributed by atoms with E-state index >= 15 is 0 Å². The van der Waals surface area contributed by atoms with E-state index < -0.39 is 12.3 Å². The topological polar surface area (TPSA) is 102 Å². The van der Waals surface area contributed by atoms with Crippen molar-refractivity contribution in [1.82, 2.24) is 10.3 Å². The summed E-state index contributed by atoms with van der Waals surface area (Å²) in [5, 5.41) is 5.50. The molecule has 2 atom stereocenters. The van der Waals surface area contributed by atoms with Crippen LogP contribution >= 0.6 is 0 Å². The Balaban J connectivity index is 1.36. The van der Waals surface area contributed by atoms with Crippen molar-refractivity contribution < 1.29 is 0 Å². The van der Waals surface area contributed by atoms with Crippen molar-refractivity contribution in [2.45, 2.75) is 12.3 Å². The highest BCUT2D eigenvalue weighted by Gasteiger charge is 2.31. The summed E-state index contributed by atoms with van der Waals surface area (Å²) in [6.07, 6.45) is -0.850. The minimum absolute atomic E-state index is 0.413. The van der Waals surface area contributed by atoms with Gasteiger partial charge in [-0.1, -0.05) is 97.1 Å². The molecule has 5 heterocycles. The van der Waals surface area contributed by atoms with Crippen molar-refractivity contribution in [2.24, 2.45) is 30.0 Å². The van der Waals surface area contributed by atoms with Crippen molar-refractivity contribution >= 4 is 34.1 Å². The van der Waals surface area contributed by atoms with Gasteiger partial charge >= 0.3 is 0 Å². The van der Waals surface area contributed by atoms with Gasteiger partial charge in [0.25, 0.3) is 0 Å². The summed E-state index contributed by atoms with van der Waals surface area (Å²) in [6.45, 7) is 0. The molecule has 0 spiro atoms. The lowest BCUT2D eigenvalue weighted by Gasteiger charge is -2.08. The largest absolute Gasteiger partial charge is 0.324 e. The minimum atomic E-state index is -0.437. The Morgan fingerprint density at radius 3 is 1.65 bits per heavy atom. The van der Waals surface area contributed by atoms with Gasteiger partial charge in [-0.3, -0.25) is 0 Å². The van der Waals surface area contributed by atoms with Gasteiger partial charge in [-0.2, -0.15) is 0 Å². The van der Waals surface area contributed by atoms with E-state index in [1.165, 1.54) is 0 Å². The second kappa shape index (κ2) is 8.00. The number of rotatable bonds is 0. The predicted octanol–water partition coefficient (Wildman–Crippen LogP) is 4.14. The van der Waals surface area contributed by atoms with Crippen LogP contribution in [0.4, 0.5) is 0 Å². The minimum Gasteiger partial charge on any atom is -0.324 e. The smallest absolute Gasteiger partial charge is 0.170 e. The lowest BCUT2D eigenvalue weighted by molar-refractivity contribution is 0.759. The molecule has 0 saturated carbocycles. The number of hydrogen-bond donors (Lipinski definition) is 2. The Kier molecular flexibility index (Phi) is 4.29. The SMILES string of the molecule is c1ccc2c(c1)C1=NC2=N[C@H]2N=C(NC3=N[C@@H](N=c4[nH]c(c5ccccc45)=N1)c1ccccc13)c1ccccc12. The van der Waals surface area contributed by atoms with E-state index in [9.17, 15) is 0 Å². The fraction of sp³-hybridized carbons (Fsp3) is 0.0625. The average Bonchev–Trinajstić information content (AvgIpc) is 3.73. The van der Waals surface area contributed by atoms with Crippen LogP contribution in [0.15, 0.2) is 127 Å². The maximum atomic E-state index is 5.11. The number of nitrogens with one attached hydrogen (secondary N) is 2. The van der Waals surface area contributed by atoms with Gasteiger partial charge in [0.05, 0.1) is 0 Å². The van der Waals surface area contributed by atoms with Gasteiger partial charge in [-0.05, 0) is 0 Å². The van der Waals surface area contributed by atoms with Crippen LogP contribution in [0.1, 0.15) is 45.7 Å². The Hall–Kier alpha value is -5.50. The van der Waals surface area contributed by atoms with Crippen LogP contribution in [0.25, 0.3) is 10.8 Å². The fourth-order valence-corrected chi connectivity index (χ4v) is 5.86. The van der Waals surface area contributed by atoms with Crippen molar-refractivity contribution in [3.63, 3.8) is 0 Å². The highest BCUT2D eigenvalue weighted by atomic mass is 15.2. The highest BCUT2D eigenvalue weighted by Crippen LogP contribution is 2.34. The Morgan fingerprint density at radius 1 is 0.450 bits per heavy atom. The van der Waals surface area contributed by atoms with Crippen molar-refractivity contribution in [3.8, 4) is 0 Å². The summed E-state index contributed by atoms with van der Waals surface area (Å²) < 4.78 is 0. The molecule has 0 unspecified atom stereocenters. The molecule has 0 amide bonds. The highest BCUT2D eigenvalue weighted by molar-refractivity contribution is 6.23. The molecule has 0 fully saturated rings. The van der Waals surface area contributed by atoms with Crippen LogP contribution in [0.5, 0.6) is 0 Å². The third-order valence-electron chi connectivity index (χ3n) is 7.74. The molecule has 1 aromatic heterocycles. The summed E-state index contributed by atoms with van der Waals surface area (Å²) in [7, 11) is 0.